The molecule has 0 amide bonds. The number of ether oxygens (including phenoxy) is 1. The molecule has 0 aliphatic carbocycles. The van der Waals surface area contributed by atoms with Crippen molar-refractivity contribution in [1.82, 2.24) is 19.9 Å². The molecule has 7 heteroatoms. The van der Waals surface area contributed by atoms with Gasteiger partial charge in [-0.3, -0.25) is 4.90 Å². The lowest BCUT2D eigenvalue weighted by atomic mass is 10.2. The average Bonchev–Trinajstić information content (AvgIpc) is 2.26. The van der Waals surface area contributed by atoms with Crippen molar-refractivity contribution >= 4 is 11.9 Å². The van der Waals surface area contributed by atoms with Crippen LogP contribution >= 0.6 is 0 Å². The van der Waals surface area contributed by atoms with E-state index >= 15 is 0 Å². The molecule has 0 bridgehead atoms. The van der Waals surface area contributed by atoms with Crippen molar-refractivity contribution in [2.75, 3.05) is 37.8 Å². The molecular weight excluding hydrogens is 244 g/mol. The Labute approximate surface area is 113 Å². The highest BCUT2D eigenvalue weighted by molar-refractivity contribution is 5.32. The van der Waals surface area contributed by atoms with E-state index in [-0.39, 0.29) is 18.2 Å². The molecule has 0 spiro atoms. The number of nitrogen functional groups attached to an aromatic ring is 1. The van der Waals surface area contributed by atoms with Crippen LogP contribution in [-0.2, 0) is 11.3 Å². The molecule has 1 fully saturated rings. The van der Waals surface area contributed by atoms with Crippen LogP contribution in [0.4, 0.5) is 11.9 Å². The minimum absolute atomic E-state index is 0.233. The predicted molar refractivity (Wildman–Crippen MR) is 73.9 cm³/mol. The zero-order chi connectivity index (χ0) is 14.0. The van der Waals surface area contributed by atoms with Crippen LogP contribution in [0.25, 0.3) is 0 Å². The van der Waals surface area contributed by atoms with Gasteiger partial charge in [0.25, 0.3) is 0 Å². The van der Waals surface area contributed by atoms with E-state index in [0.717, 1.165) is 13.1 Å². The fourth-order valence-corrected chi connectivity index (χ4v) is 2.31. The van der Waals surface area contributed by atoms with Crippen LogP contribution in [0.15, 0.2) is 0 Å². The van der Waals surface area contributed by atoms with Crippen LogP contribution in [-0.4, -0.2) is 59.2 Å². The molecule has 2 atom stereocenters. The monoisotopic (exact) mass is 266 g/mol. The van der Waals surface area contributed by atoms with Crippen LogP contribution in [0, 0.1) is 0 Å². The summed E-state index contributed by atoms with van der Waals surface area (Å²) < 4.78 is 5.71. The Kier molecular flexibility index (Phi) is 4.16. The first-order chi connectivity index (χ1) is 8.94. The second kappa shape index (κ2) is 5.66. The maximum absolute atomic E-state index is 5.72. The topological polar surface area (TPSA) is 80.4 Å². The molecule has 1 aliphatic heterocycles. The molecule has 0 aromatic carbocycles. The number of hydrogen-bond acceptors (Lipinski definition) is 7. The van der Waals surface area contributed by atoms with E-state index in [9.17, 15) is 0 Å². The molecule has 0 radical (unpaired) electrons. The normalized spacial score (nSPS) is 24.4. The Morgan fingerprint density at radius 3 is 2.42 bits per heavy atom. The Balaban J connectivity index is 2.10. The van der Waals surface area contributed by atoms with Gasteiger partial charge in [0.1, 0.15) is 5.82 Å². The maximum Gasteiger partial charge on any atom is 0.229 e. The SMILES string of the molecule is C[C@H]1CN(Cc2nc(N)nc(N(C)C)n2)C[C@H](C)O1. The number of morpholine rings is 1. The van der Waals surface area contributed by atoms with E-state index in [0.29, 0.717) is 18.3 Å². The summed E-state index contributed by atoms with van der Waals surface area (Å²) in [6.07, 6.45) is 0.465. The van der Waals surface area contributed by atoms with Gasteiger partial charge in [0.05, 0.1) is 18.8 Å². The third-order valence-corrected chi connectivity index (χ3v) is 2.95. The molecule has 1 aliphatic rings. The highest BCUT2D eigenvalue weighted by Crippen LogP contribution is 2.14. The summed E-state index contributed by atoms with van der Waals surface area (Å²) in [5.74, 6) is 1.57. The molecular formula is C12H22N6O. The molecule has 2 heterocycles. The van der Waals surface area contributed by atoms with Gasteiger partial charge < -0.3 is 15.4 Å². The second-order valence-electron chi connectivity index (χ2n) is 5.26. The standard InChI is InChI=1S/C12H22N6O/c1-8-5-18(6-9(2)19-8)7-10-14-11(13)16-12(15-10)17(3)4/h8-9H,5-7H2,1-4H3,(H2,13,14,15,16)/t8-,9-/m0/s1. The molecule has 7 nitrogen and oxygen atoms in total. The van der Waals surface area contributed by atoms with Gasteiger partial charge in [-0.25, -0.2) is 0 Å². The van der Waals surface area contributed by atoms with Crippen molar-refractivity contribution in [2.24, 2.45) is 0 Å². The fraction of sp³-hybridized carbons (Fsp3) is 0.750. The van der Waals surface area contributed by atoms with Gasteiger partial charge in [0, 0.05) is 27.2 Å². The molecule has 106 valence electrons. The minimum Gasteiger partial charge on any atom is -0.373 e. The molecule has 19 heavy (non-hydrogen) atoms. The summed E-state index contributed by atoms with van der Waals surface area (Å²) in [6.45, 7) is 6.59. The Morgan fingerprint density at radius 2 is 1.84 bits per heavy atom. The number of aromatic nitrogens is 3. The summed E-state index contributed by atoms with van der Waals surface area (Å²) in [5, 5.41) is 0. The average molecular weight is 266 g/mol. The van der Waals surface area contributed by atoms with Crippen LogP contribution in [0.3, 0.4) is 0 Å². The smallest absolute Gasteiger partial charge is 0.229 e. The van der Waals surface area contributed by atoms with Crippen molar-refractivity contribution in [3.8, 4) is 0 Å². The van der Waals surface area contributed by atoms with E-state index < -0.39 is 0 Å². The number of nitrogens with zero attached hydrogens (tertiary/aromatic N) is 5. The molecule has 1 aromatic heterocycles. The minimum atomic E-state index is 0.233. The Hall–Kier alpha value is -1.47. The van der Waals surface area contributed by atoms with E-state index in [1.165, 1.54) is 0 Å². The molecule has 0 saturated carbocycles. The largest absolute Gasteiger partial charge is 0.373 e. The Bertz CT molecular complexity index is 428. The third kappa shape index (κ3) is 3.74. The number of nitrogens with two attached hydrogens (primary N) is 1. The number of anilines is 2. The number of rotatable bonds is 3. The first kappa shape index (κ1) is 14.0. The first-order valence-electron chi connectivity index (χ1n) is 6.49. The maximum atomic E-state index is 5.72. The van der Waals surface area contributed by atoms with Gasteiger partial charge in [-0.1, -0.05) is 0 Å². The van der Waals surface area contributed by atoms with Crippen molar-refractivity contribution in [2.45, 2.75) is 32.6 Å². The quantitative estimate of drug-likeness (QED) is 0.832. The summed E-state index contributed by atoms with van der Waals surface area (Å²) >= 11 is 0. The molecule has 2 rings (SSSR count). The number of hydrogen-bond donors (Lipinski definition) is 1. The van der Waals surface area contributed by atoms with Crippen LogP contribution in [0.1, 0.15) is 19.7 Å². The lowest BCUT2D eigenvalue weighted by Gasteiger charge is -2.34. The van der Waals surface area contributed by atoms with Gasteiger partial charge in [-0.2, -0.15) is 15.0 Å². The van der Waals surface area contributed by atoms with Gasteiger partial charge in [0.15, 0.2) is 0 Å². The van der Waals surface area contributed by atoms with Crippen LogP contribution in [0.5, 0.6) is 0 Å². The van der Waals surface area contributed by atoms with E-state index in [2.05, 4.69) is 33.7 Å². The zero-order valence-electron chi connectivity index (χ0n) is 12.0. The van der Waals surface area contributed by atoms with Crippen molar-refractivity contribution in [3.63, 3.8) is 0 Å². The van der Waals surface area contributed by atoms with Crippen molar-refractivity contribution in [1.29, 1.82) is 0 Å². The summed E-state index contributed by atoms with van der Waals surface area (Å²) in [6, 6.07) is 0. The molecule has 1 aromatic rings. The highest BCUT2D eigenvalue weighted by atomic mass is 16.5. The first-order valence-corrected chi connectivity index (χ1v) is 6.49. The lowest BCUT2D eigenvalue weighted by Crippen LogP contribution is -2.45. The van der Waals surface area contributed by atoms with Crippen LogP contribution in [0.2, 0.25) is 0 Å². The molecule has 2 N–H and O–H groups in total. The van der Waals surface area contributed by atoms with Gasteiger partial charge in [-0.15, -0.1) is 0 Å². The third-order valence-electron chi connectivity index (χ3n) is 2.95. The zero-order valence-corrected chi connectivity index (χ0v) is 12.0. The summed E-state index contributed by atoms with van der Waals surface area (Å²) in [4.78, 5) is 16.8. The predicted octanol–water partition coefficient (Wildman–Crippen LogP) is 0.129. The van der Waals surface area contributed by atoms with Gasteiger partial charge in [-0.05, 0) is 13.8 Å². The van der Waals surface area contributed by atoms with E-state index in [1.807, 2.05) is 19.0 Å². The van der Waals surface area contributed by atoms with Crippen molar-refractivity contribution in [3.05, 3.63) is 5.82 Å². The molecule has 0 unspecified atom stereocenters. The van der Waals surface area contributed by atoms with Gasteiger partial charge >= 0.3 is 0 Å². The van der Waals surface area contributed by atoms with Gasteiger partial charge in [0.2, 0.25) is 11.9 Å². The van der Waals surface area contributed by atoms with E-state index in [1.54, 1.807) is 0 Å². The highest BCUT2D eigenvalue weighted by Gasteiger charge is 2.23. The molecule has 1 saturated heterocycles. The van der Waals surface area contributed by atoms with Crippen molar-refractivity contribution < 1.29 is 4.74 Å². The fourth-order valence-electron chi connectivity index (χ4n) is 2.31. The summed E-state index contributed by atoms with van der Waals surface area (Å²) in [5.41, 5.74) is 5.72. The Morgan fingerprint density at radius 1 is 1.21 bits per heavy atom. The van der Waals surface area contributed by atoms with E-state index in [4.69, 9.17) is 10.5 Å². The second-order valence-corrected chi connectivity index (χ2v) is 5.26. The summed E-state index contributed by atoms with van der Waals surface area (Å²) in [7, 11) is 3.77. The lowest BCUT2D eigenvalue weighted by molar-refractivity contribution is -0.0710. The van der Waals surface area contributed by atoms with Crippen LogP contribution < -0.4 is 10.6 Å².